The Kier molecular flexibility index (Phi) is 6.19. The zero-order chi connectivity index (χ0) is 11.4. The van der Waals surface area contributed by atoms with Crippen LogP contribution < -0.4 is 0 Å². The summed E-state index contributed by atoms with van der Waals surface area (Å²) in [6, 6.07) is 0. The maximum Gasteiger partial charge on any atom is 0.0946 e. The second-order valence-corrected chi connectivity index (χ2v) is 9.11. The van der Waals surface area contributed by atoms with Gasteiger partial charge in [-0.1, -0.05) is 27.7 Å². The standard InChI is InChI=1S/C9H21O3PS/c1-8(2)13(9(3)4)6-5-7-14(10,11)12/h8-9H,5-7H2,1-4H3,(H,10,11,12)/p-1. The van der Waals surface area contributed by atoms with Crippen LogP contribution in [0.1, 0.15) is 34.1 Å². The molecule has 3 nitrogen and oxygen atoms in total. The summed E-state index contributed by atoms with van der Waals surface area (Å²) in [6.45, 7) is 8.66. The molecular weight excluding hydrogens is 219 g/mol. The first-order valence-electron chi connectivity index (χ1n) is 4.93. The van der Waals surface area contributed by atoms with Gasteiger partial charge in [-0.25, -0.2) is 8.42 Å². The van der Waals surface area contributed by atoms with Gasteiger partial charge < -0.3 is 4.55 Å². The van der Waals surface area contributed by atoms with Crippen LogP contribution in [0.15, 0.2) is 0 Å². The monoisotopic (exact) mass is 239 g/mol. The molecule has 86 valence electrons. The van der Waals surface area contributed by atoms with Gasteiger partial charge in [-0.05, 0) is 23.9 Å². The van der Waals surface area contributed by atoms with Crippen LogP contribution in [0.2, 0.25) is 0 Å². The number of hydrogen-bond acceptors (Lipinski definition) is 3. The zero-order valence-corrected chi connectivity index (χ0v) is 11.1. The first-order chi connectivity index (χ1) is 6.24. The normalized spacial score (nSPS) is 13.1. The van der Waals surface area contributed by atoms with Crippen LogP contribution in [0, 0.1) is 0 Å². The molecule has 0 aliphatic heterocycles. The molecule has 0 aliphatic rings. The van der Waals surface area contributed by atoms with E-state index in [1.165, 1.54) is 0 Å². The Morgan fingerprint density at radius 3 is 1.86 bits per heavy atom. The summed E-state index contributed by atoms with van der Waals surface area (Å²) in [7, 11) is -4.15. The smallest absolute Gasteiger partial charge is 0.0946 e. The number of hydrogen-bond donors (Lipinski definition) is 0. The van der Waals surface area contributed by atoms with Crippen molar-refractivity contribution in [3.05, 3.63) is 0 Å². The molecule has 0 radical (unpaired) electrons. The maximum atomic E-state index is 10.4. The van der Waals surface area contributed by atoms with E-state index in [0.29, 0.717) is 17.7 Å². The van der Waals surface area contributed by atoms with Crippen LogP contribution >= 0.6 is 7.92 Å². The molecule has 0 atom stereocenters. The van der Waals surface area contributed by atoms with E-state index in [4.69, 9.17) is 0 Å². The van der Waals surface area contributed by atoms with Gasteiger partial charge in [0.25, 0.3) is 0 Å². The first kappa shape index (κ1) is 14.3. The summed E-state index contributed by atoms with van der Waals surface area (Å²) in [5.74, 6) is -0.203. The third kappa shape index (κ3) is 6.74. The molecule has 0 fully saturated rings. The van der Waals surface area contributed by atoms with Crippen molar-refractivity contribution in [3.8, 4) is 0 Å². The highest BCUT2D eigenvalue weighted by Crippen LogP contribution is 2.46. The Bertz CT molecular complexity index is 239. The molecule has 0 aliphatic carbocycles. The van der Waals surface area contributed by atoms with Crippen LogP contribution in [-0.2, 0) is 10.1 Å². The minimum absolute atomic E-state index is 0.135. The Morgan fingerprint density at radius 2 is 1.57 bits per heavy atom. The molecule has 14 heavy (non-hydrogen) atoms. The molecule has 0 amide bonds. The first-order valence-corrected chi connectivity index (χ1v) is 8.17. The van der Waals surface area contributed by atoms with Crippen molar-refractivity contribution >= 4 is 18.0 Å². The van der Waals surface area contributed by atoms with Gasteiger partial charge in [0.15, 0.2) is 0 Å². The summed E-state index contributed by atoms with van der Waals surface area (Å²) in [6.07, 6.45) is 1.42. The fraction of sp³-hybridized carbons (Fsp3) is 1.00. The van der Waals surface area contributed by atoms with E-state index in [1.54, 1.807) is 0 Å². The third-order valence-corrected chi connectivity index (χ3v) is 6.41. The predicted octanol–water partition coefficient (Wildman–Crippen LogP) is 2.22. The van der Waals surface area contributed by atoms with E-state index >= 15 is 0 Å². The average Bonchev–Trinajstić information content (AvgIpc) is 1.94. The van der Waals surface area contributed by atoms with E-state index in [1.807, 2.05) is 0 Å². The van der Waals surface area contributed by atoms with Gasteiger partial charge >= 0.3 is 0 Å². The summed E-state index contributed by atoms with van der Waals surface area (Å²) >= 11 is 0. The molecular formula is C9H20O3PS-. The van der Waals surface area contributed by atoms with Crippen molar-refractivity contribution in [2.75, 3.05) is 11.9 Å². The third-order valence-electron chi connectivity index (χ3n) is 2.14. The molecule has 5 heteroatoms. The molecule has 0 aromatic carbocycles. The minimum Gasteiger partial charge on any atom is -0.748 e. The van der Waals surface area contributed by atoms with Gasteiger partial charge in [-0.3, -0.25) is 0 Å². The molecule has 0 saturated carbocycles. The summed E-state index contributed by atoms with van der Waals surface area (Å²) in [4.78, 5) is 0. The van der Waals surface area contributed by atoms with Crippen molar-refractivity contribution in [1.29, 1.82) is 0 Å². The minimum atomic E-state index is -4.01. The highest BCUT2D eigenvalue weighted by atomic mass is 32.2. The molecule has 0 spiro atoms. The van der Waals surface area contributed by atoms with Crippen molar-refractivity contribution < 1.29 is 13.0 Å². The van der Waals surface area contributed by atoms with Crippen molar-refractivity contribution in [2.45, 2.75) is 45.4 Å². The zero-order valence-electron chi connectivity index (χ0n) is 9.36. The Morgan fingerprint density at radius 1 is 1.14 bits per heavy atom. The lowest BCUT2D eigenvalue weighted by Gasteiger charge is -2.25. The fourth-order valence-corrected chi connectivity index (χ4v) is 5.00. The van der Waals surface area contributed by atoms with Gasteiger partial charge in [-0.2, -0.15) is 0 Å². The summed E-state index contributed by atoms with van der Waals surface area (Å²) in [5, 5.41) is 0. The molecule has 0 saturated heterocycles. The van der Waals surface area contributed by atoms with Crippen LogP contribution in [-0.4, -0.2) is 36.2 Å². The second-order valence-electron chi connectivity index (χ2n) is 4.04. The molecule has 0 aromatic rings. The van der Waals surface area contributed by atoms with E-state index in [-0.39, 0.29) is 13.7 Å². The maximum absolute atomic E-state index is 10.4. The van der Waals surface area contributed by atoms with Crippen LogP contribution in [0.5, 0.6) is 0 Å². The van der Waals surface area contributed by atoms with Crippen molar-refractivity contribution in [1.82, 2.24) is 0 Å². The van der Waals surface area contributed by atoms with Gasteiger partial charge in [0.05, 0.1) is 10.1 Å². The van der Waals surface area contributed by atoms with E-state index in [0.717, 1.165) is 6.16 Å². The molecule has 0 heterocycles. The average molecular weight is 239 g/mol. The highest BCUT2D eigenvalue weighted by Gasteiger charge is 2.16. The van der Waals surface area contributed by atoms with E-state index in [2.05, 4.69) is 27.7 Å². The molecule has 0 unspecified atom stereocenters. The van der Waals surface area contributed by atoms with Gasteiger partial charge in [0.1, 0.15) is 0 Å². The van der Waals surface area contributed by atoms with Gasteiger partial charge in [-0.15, -0.1) is 7.92 Å². The lowest BCUT2D eigenvalue weighted by Crippen LogP contribution is -2.11. The molecule has 0 bridgehead atoms. The van der Waals surface area contributed by atoms with Crippen LogP contribution in [0.3, 0.4) is 0 Å². The molecule has 0 rings (SSSR count). The highest BCUT2D eigenvalue weighted by molar-refractivity contribution is 7.85. The Hall–Kier alpha value is 0.340. The summed E-state index contributed by atoms with van der Waals surface area (Å²) < 4.78 is 31.2. The van der Waals surface area contributed by atoms with Gasteiger partial charge in [0.2, 0.25) is 0 Å². The van der Waals surface area contributed by atoms with Gasteiger partial charge in [0, 0.05) is 5.75 Å². The van der Waals surface area contributed by atoms with E-state index < -0.39 is 10.1 Å². The summed E-state index contributed by atoms with van der Waals surface area (Å²) in [5.41, 5.74) is 1.22. The van der Waals surface area contributed by atoms with Crippen molar-refractivity contribution in [2.24, 2.45) is 0 Å². The SMILES string of the molecule is CC(C)P(CCCS(=O)(=O)[O-])C(C)C. The lowest BCUT2D eigenvalue weighted by molar-refractivity contribution is 0.462. The quantitative estimate of drug-likeness (QED) is 0.527. The Labute approximate surface area is 88.8 Å². The molecule has 0 aromatic heterocycles. The van der Waals surface area contributed by atoms with Crippen LogP contribution in [0.25, 0.3) is 0 Å². The van der Waals surface area contributed by atoms with Crippen LogP contribution in [0.4, 0.5) is 0 Å². The number of rotatable bonds is 6. The van der Waals surface area contributed by atoms with Crippen molar-refractivity contribution in [3.63, 3.8) is 0 Å². The largest absolute Gasteiger partial charge is 0.748 e. The van der Waals surface area contributed by atoms with E-state index in [9.17, 15) is 13.0 Å². The fourth-order valence-electron chi connectivity index (χ4n) is 1.54. The lowest BCUT2D eigenvalue weighted by atomic mass is 10.5. The molecule has 0 N–H and O–H groups in total. The Balaban J connectivity index is 3.96. The second kappa shape index (κ2) is 6.04. The topological polar surface area (TPSA) is 57.2 Å². The predicted molar refractivity (Wildman–Crippen MR) is 61.2 cm³/mol.